The van der Waals surface area contributed by atoms with E-state index in [1.807, 2.05) is 24.3 Å². The average Bonchev–Trinajstić information content (AvgIpc) is 2.97. The van der Waals surface area contributed by atoms with Crippen molar-refractivity contribution in [2.24, 2.45) is 0 Å². The number of rotatable bonds is 0. The lowest BCUT2D eigenvalue weighted by Crippen LogP contribution is -2.30. The van der Waals surface area contributed by atoms with Crippen molar-refractivity contribution in [2.45, 2.75) is 13.1 Å². The molecule has 0 saturated carbocycles. The molecule has 0 saturated heterocycles. The summed E-state index contributed by atoms with van der Waals surface area (Å²) in [5, 5.41) is 7.33. The molecule has 0 fully saturated rings. The monoisotopic (exact) mass is 214 g/mol. The zero-order valence-corrected chi connectivity index (χ0v) is 8.58. The van der Waals surface area contributed by atoms with Crippen molar-refractivity contribution in [2.75, 3.05) is 0 Å². The molecule has 2 heterocycles. The summed E-state index contributed by atoms with van der Waals surface area (Å²) in [4.78, 5) is 13.7. The lowest BCUT2D eigenvalue weighted by molar-refractivity contribution is 0.196. The van der Waals surface area contributed by atoms with Crippen LogP contribution < -0.4 is 0 Å². The fourth-order valence-electron chi connectivity index (χ4n) is 1.92. The van der Waals surface area contributed by atoms with Gasteiger partial charge in [-0.2, -0.15) is 4.68 Å². The number of aromatic nitrogens is 3. The number of nitrogens with zero attached hydrogens (tertiary/aromatic N) is 4. The van der Waals surface area contributed by atoms with Gasteiger partial charge in [0.05, 0.1) is 12.4 Å². The summed E-state index contributed by atoms with van der Waals surface area (Å²) >= 11 is 0. The molecule has 0 aliphatic carbocycles. The van der Waals surface area contributed by atoms with E-state index >= 15 is 0 Å². The topological polar surface area (TPSA) is 51.0 Å². The molecule has 1 aromatic carbocycles. The molecule has 16 heavy (non-hydrogen) atoms. The second-order valence-corrected chi connectivity index (χ2v) is 3.75. The van der Waals surface area contributed by atoms with Crippen LogP contribution in [0.2, 0.25) is 0 Å². The highest BCUT2D eigenvalue weighted by atomic mass is 16.2. The Hall–Kier alpha value is -2.17. The van der Waals surface area contributed by atoms with E-state index < -0.39 is 0 Å². The third-order valence-electron chi connectivity index (χ3n) is 2.73. The lowest BCUT2D eigenvalue weighted by Gasteiger charge is -2.13. The van der Waals surface area contributed by atoms with Gasteiger partial charge in [0.15, 0.2) is 0 Å². The molecule has 0 spiro atoms. The van der Waals surface area contributed by atoms with Crippen LogP contribution in [0.15, 0.2) is 36.7 Å². The molecule has 0 unspecified atom stereocenters. The third kappa shape index (κ3) is 1.37. The molecule has 0 bridgehead atoms. The maximum Gasteiger partial charge on any atom is 0.346 e. The highest BCUT2D eigenvalue weighted by Crippen LogP contribution is 2.22. The number of amides is 1. The van der Waals surface area contributed by atoms with E-state index in [4.69, 9.17) is 0 Å². The van der Waals surface area contributed by atoms with Gasteiger partial charge < -0.3 is 4.90 Å². The van der Waals surface area contributed by atoms with Crippen molar-refractivity contribution < 1.29 is 4.79 Å². The van der Waals surface area contributed by atoms with Crippen molar-refractivity contribution >= 4 is 6.03 Å². The van der Waals surface area contributed by atoms with Gasteiger partial charge in [-0.25, -0.2) is 4.79 Å². The molecule has 80 valence electrons. The summed E-state index contributed by atoms with van der Waals surface area (Å²) in [6, 6.07) is 7.94. The van der Waals surface area contributed by atoms with Crippen LogP contribution in [0.25, 0.3) is 0 Å². The first-order chi connectivity index (χ1) is 7.84. The molecule has 1 amide bonds. The van der Waals surface area contributed by atoms with Crippen LogP contribution in [0.3, 0.4) is 0 Å². The number of fused-ring (bicyclic) bond motifs is 1. The Morgan fingerprint density at radius 2 is 1.88 bits per heavy atom. The van der Waals surface area contributed by atoms with E-state index in [-0.39, 0.29) is 6.03 Å². The first kappa shape index (κ1) is 9.08. The van der Waals surface area contributed by atoms with Crippen molar-refractivity contribution in [3.05, 3.63) is 47.8 Å². The van der Waals surface area contributed by atoms with Gasteiger partial charge >= 0.3 is 6.03 Å². The minimum Gasteiger partial charge on any atom is -0.314 e. The van der Waals surface area contributed by atoms with Gasteiger partial charge in [0, 0.05) is 13.1 Å². The zero-order chi connectivity index (χ0) is 11.0. The van der Waals surface area contributed by atoms with E-state index in [1.165, 1.54) is 22.0 Å². The minimum atomic E-state index is -0.131. The first-order valence-corrected chi connectivity index (χ1v) is 5.07. The average molecular weight is 214 g/mol. The maximum atomic E-state index is 12.0. The van der Waals surface area contributed by atoms with E-state index in [9.17, 15) is 4.79 Å². The van der Waals surface area contributed by atoms with E-state index in [0.29, 0.717) is 13.1 Å². The molecule has 5 nitrogen and oxygen atoms in total. The molecule has 1 aliphatic rings. The van der Waals surface area contributed by atoms with Crippen LogP contribution in [-0.2, 0) is 13.1 Å². The molecule has 0 atom stereocenters. The predicted molar refractivity (Wildman–Crippen MR) is 56.5 cm³/mol. The fourth-order valence-corrected chi connectivity index (χ4v) is 1.92. The van der Waals surface area contributed by atoms with Crippen LogP contribution in [0.5, 0.6) is 0 Å². The largest absolute Gasteiger partial charge is 0.346 e. The van der Waals surface area contributed by atoms with Crippen LogP contribution in [0, 0.1) is 0 Å². The van der Waals surface area contributed by atoms with Gasteiger partial charge in [0.2, 0.25) is 0 Å². The van der Waals surface area contributed by atoms with Gasteiger partial charge in [-0.1, -0.05) is 29.5 Å². The summed E-state index contributed by atoms with van der Waals surface area (Å²) in [6.07, 6.45) is 3.06. The smallest absolute Gasteiger partial charge is 0.314 e. The molecule has 1 aromatic heterocycles. The van der Waals surface area contributed by atoms with Crippen molar-refractivity contribution in [3.63, 3.8) is 0 Å². The summed E-state index contributed by atoms with van der Waals surface area (Å²) in [5.41, 5.74) is 2.41. The van der Waals surface area contributed by atoms with Gasteiger partial charge in [0.1, 0.15) is 0 Å². The Morgan fingerprint density at radius 3 is 2.44 bits per heavy atom. The minimum absolute atomic E-state index is 0.131. The Morgan fingerprint density at radius 1 is 1.19 bits per heavy atom. The summed E-state index contributed by atoms with van der Waals surface area (Å²) in [6.45, 7) is 1.30. The van der Waals surface area contributed by atoms with Crippen LogP contribution in [0.1, 0.15) is 11.1 Å². The van der Waals surface area contributed by atoms with Gasteiger partial charge in [-0.15, -0.1) is 5.10 Å². The summed E-state index contributed by atoms with van der Waals surface area (Å²) in [7, 11) is 0. The SMILES string of the molecule is O=C(N1Cc2ccccc2C1)n1ccnn1. The molecule has 0 radical (unpaired) electrons. The fraction of sp³-hybridized carbons (Fsp3) is 0.182. The Kier molecular flexibility index (Phi) is 1.96. The van der Waals surface area contributed by atoms with Crippen LogP contribution >= 0.6 is 0 Å². The van der Waals surface area contributed by atoms with Gasteiger partial charge in [-0.3, -0.25) is 0 Å². The number of benzene rings is 1. The Labute approximate surface area is 92.3 Å². The van der Waals surface area contributed by atoms with E-state index in [1.54, 1.807) is 11.1 Å². The standard InChI is InChI=1S/C11H10N4O/c16-11(15-6-5-12-13-15)14-7-9-3-1-2-4-10(9)8-14/h1-6H,7-8H2. The Bertz CT molecular complexity index is 496. The number of carbonyl (C=O) groups is 1. The quantitative estimate of drug-likeness (QED) is 0.663. The van der Waals surface area contributed by atoms with Crippen molar-refractivity contribution in [3.8, 4) is 0 Å². The molecule has 5 heteroatoms. The number of hydrogen-bond donors (Lipinski definition) is 0. The van der Waals surface area contributed by atoms with Crippen molar-refractivity contribution in [1.82, 2.24) is 19.9 Å². The molecular weight excluding hydrogens is 204 g/mol. The molecule has 3 rings (SSSR count). The molecular formula is C11H10N4O. The lowest BCUT2D eigenvalue weighted by atomic mass is 10.1. The highest BCUT2D eigenvalue weighted by molar-refractivity contribution is 5.76. The van der Waals surface area contributed by atoms with Crippen LogP contribution in [-0.4, -0.2) is 25.9 Å². The molecule has 2 aromatic rings. The normalized spacial score (nSPS) is 13.9. The maximum absolute atomic E-state index is 12.0. The van der Waals surface area contributed by atoms with Crippen LogP contribution in [0.4, 0.5) is 4.79 Å². The summed E-state index contributed by atoms with van der Waals surface area (Å²) in [5.74, 6) is 0. The Balaban J connectivity index is 1.84. The molecule has 0 N–H and O–H groups in total. The van der Waals surface area contributed by atoms with Crippen molar-refractivity contribution in [1.29, 1.82) is 0 Å². The molecule has 1 aliphatic heterocycles. The first-order valence-electron chi connectivity index (χ1n) is 5.07. The summed E-state index contributed by atoms with van der Waals surface area (Å²) < 4.78 is 1.26. The number of carbonyl (C=O) groups excluding carboxylic acids is 1. The van der Waals surface area contributed by atoms with E-state index in [2.05, 4.69) is 10.3 Å². The predicted octanol–water partition coefficient (Wildman–Crippen LogP) is 1.26. The van der Waals surface area contributed by atoms with E-state index in [0.717, 1.165) is 0 Å². The second kappa shape index (κ2) is 3.44. The zero-order valence-electron chi connectivity index (χ0n) is 8.58. The third-order valence-corrected chi connectivity index (χ3v) is 2.73. The second-order valence-electron chi connectivity index (χ2n) is 3.75. The highest BCUT2D eigenvalue weighted by Gasteiger charge is 2.24. The number of hydrogen-bond acceptors (Lipinski definition) is 3. The van der Waals surface area contributed by atoms with Gasteiger partial charge in [0.25, 0.3) is 0 Å². The van der Waals surface area contributed by atoms with Gasteiger partial charge in [-0.05, 0) is 11.1 Å².